The third-order valence-electron chi connectivity index (χ3n) is 3.00. The van der Waals surface area contributed by atoms with Gasteiger partial charge in [0.1, 0.15) is 5.82 Å². The van der Waals surface area contributed by atoms with Crippen LogP contribution in [0.5, 0.6) is 0 Å². The van der Waals surface area contributed by atoms with Gasteiger partial charge < -0.3 is 15.7 Å². The maximum absolute atomic E-state index is 9.03. The lowest BCUT2D eigenvalue weighted by atomic mass is 10.1. The lowest BCUT2D eigenvalue weighted by Gasteiger charge is -2.14. The lowest BCUT2D eigenvalue weighted by molar-refractivity contribution is 0.254. The molecule has 0 spiro atoms. The van der Waals surface area contributed by atoms with Crippen LogP contribution in [-0.4, -0.2) is 35.3 Å². The molecule has 1 aromatic rings. The number of hydrogen-bond acceptors (Lipinski definition) is 4. The van der Waals surface area contributed by atoms with Crippen molar-refractivity contribution in [1.29, 1.82) is 0 Å². The summed E-state index contributed by atoms with van der Waals surface area (Å²) in [5.74, 6) is 0.955. The summed E-state index contributed by atoms with van der Waals surface area (Å²) in [6.07, 6.45) is 2.83. The zero-order valence-electron chi connectivity index (χ0n) is 9.83. The van der Waals surface area contributed by atoms with Gasteiger partial charge in [-0.15, -0.1) is 0 Å². The Hall–Kier alpha value is -1.13. The first-order valence-electron chi connectivity index (χ1n) is 5.73. The molecular weight excluding hydrogens is 202 g/mol. The summed E-state index contributed by atoms with van der Waals surface area (Å²) < 4.78 is 0. The summed E-state index contributed by atoms with van der Waals surface area (Å²) in [5.41, 5.74) is 2.35. The number of hydrogen-bond donors (Lipinski definition) is 3. The molecule has 2 heterocycles. The molecule has 16 heavy (non-hydrogen) atoms. The Bertz CT molecular complexity index is 367. The summed E-state index contributed by atoms with van der Waals surface area (Å²) in [7, 11) is 0. The maximum atomic E-state index is 9.03. The van der Waals surface area contributed by atoms with Crippen LogP contribution in [-0.2, 0) is 0 Å². The molecule has 0 bridgehead atoms. The summed E-state index contributed by atoms with van der Waals surface area (Å²) in [6, 6.07) is 2.72. The number of aromatic nitrogens is 1. The van der Waals surface area contributed by atoms with Crippen molar-refractivity contribution in [3.05, 3.63) is 23.4 Å². The molecule has 1 aromatic heterocycles. The van der Waals surface area contributed by atoms with Gasteiger partial charge in [-0.25, -0.2) is 4.98 Å². The fourth-order valence-corrected chi connectivity index (χ4v) is 2.13. The first-order valence-corrected chi connectivity index (χ1v) is 5.73. The molecule has 2 rings (SSSR count). The van der Waals surface area contributed by atoms with E-state index in [0.29, 0.717) is 6.04 Å². The van der Waals surface area contributed by atoms with Crippen molar-refractivity contribution in [2.75, 3.05) is 18.5 Å². The highest BCUT2D eigenvalue weighted by molar-refractivity contribution is 5.45. The monoisotopic (exact) mass is 221 g/mol. The van der Waals surface area contributed by atoms with Crippen LogP contribution in [0, 0.1) is 13.8 Å². The molecule has 88 valence electrons. The van der Waals surface area contributed by atoms with Gasteiger partial charge in [0.05, 0.1) is 6.61 Å². The van der Waals surface area contributed by atoms with E-state index in [4.69, 9.17) is 5.11 Å². The average Bonchev–Trinajstić information content (AvgIpc) is 2.70. The Labute approximate surface area is 96.1 Å². The molecular formula is C12H19N3O. The van der Waals surface area contributed by atoms with Crippen LogP contribution in [0.25, 0.3) is 0 Å². The van der Waals surface area contributed by atoms with Crippen LogP contribution in [0.2, 0.25) is 0 Å². The molecule has 0 radical (unpaired) electrons. The molecule has 3 N–H and O–H groups in total. The van der Waals surface area contributed by atoms with E-state index < -0.39 is 0 Å². The highest BCUT2D eigenvalue weighted by atomic mass is 16.3. The minimum absolute atomic E-state index is 0.207. The van der Waals surface area contributed by atoms with Gasteiger partial charge in [-0.2, -0.15) is 0 Å². The van der Waals surface area contributed by atoms with E-state index in [-0.39, 0.29) is 12.6 Å². The molecule has 0 aromatic carbocycles. The van der Waals surface area contributed by atoms with Crippen molar-refractivity contribution in [2.45, 2.75) is 32.4 Å². The van der Waals surface area contributed by atoms with E-state index in [2.05, 4.69) is 28.6 Å². The van der Waals surface area contributed by atoms with Crippen LogP contribution >= 0.6 is 0 Å². The predicted octanol–water partition coefficient (Wildman–Crippen LogP) is 0.833. The van der Waals surface area contributed by atoms with Gasteiger partial charge in [0.2, 0.25) is 0 Å². The van der Waals surface area contributed by atoms with Crippen molar-refractivity contribution >= 4 is 5.82 Å². The van der Waals surface area contributed by atoms with E-state index in [1.807, 2.05) is 13.1 Å². The van der Waals surface area contributed by atoms with Crippen molar-refractivity contribution in [3.63, 3.8) is 0 Å². The van der Waals surface area contributed by atoms with Crippen LogP contribution in [0.1, 0.15) is 17.5 Å². The molecule has 2 atom stereocenters. The van der Waals surface area contributed by atoms with E-state index in [9.17, 15) is 0 Å². The number of aryl methyl sites for hydroxylation is 2. The van der Waals surface area contributed by atoms with Gasteiger partial charge in [0.25, 0.3) is 0 Å². The van der Waals surface area contributed by atoms with Gasteiger partial charge in [0.15, 0.2) is 0 Å². The third-order valence-corrected chi connectivity index (χ3v) is 3.00. The standard InChI is InChI=1S/C12H19N3O/c1-8-3-9(2)12(14-5-8)15-10-4-11(7-16)13-6-10/h3,5,10-11,13,16H,4,6-7H2,1-2H3,(H,14,15)/t10-,11-/m0/s1. The molecule has 1 saturated heterocycles. The van der Waals surface area contributed by atoms with Crippen LogP contribution in [0.3, 0.4) is 0 Å². The summed E-state index contributed by atoms with van der Waals surface area (Å²) >= 11 is 0. The Kier molecular flexibility index (Phi) is 3.41. The molecule has 0 saturated carbocycles. The summed E-state index contributed by atoms with van der Waals surface area (Å²) in [6.45, 7) is 5.20. The van der Waals surface area contributed by atoms with Gasteiger partial charge in [-0.05, 0) is 31.4 Å². The number of nitrogens with zero attached hydrogens (tertiary/aromatic N) is 1. The topological polar surface area (TPSA) is 57.2 Å². The smallest absolute Gasteiger partial charge is 0.129 e. The Morgan fingerprint density at radius 1 is 1.56 bits per heavy atom. The molecule has 1 aliphatic heterocycles. The van der Waals surface area contributed by atoms with Gasteiger partial charge in [-0.1, -0.05) is 6.07 Å². The Morgan fingerprint density at radius 3 is 3.00 bits per heavy atom. The average molecular weight is 221 g/mol. The maximum Gasteiger partial charge on any atom is 0.129 e. The fraction of sp³-hybridized carbons (Fsp3) is 0.583. The molecule has 1 fully saturated rings. The fourth-order valence-electron chi connectivity index (χ4n) is 2.13. The molecule has 4 nitrogen and oxygen atoms in total. The Morgan fingerprint density at radius 2 is 2.38 bits per heavy atom. The molecule has 0 aliphatic carbocycles. The number of anilines is 1. The van der Waals surface area contributed by atoms with Gasteiger partial charge in [-0.3, -0.25) is 0 Å². The molecule has 4 heteroatoms. The van der Waals surface area contributed by atoms with Crippen LogP contribution in [0.15, 0.2) is 12.3 Å². The predicted molar refractivity (Wildman–Crippen MR) is 64.6 cm³/mol. The minimum Gasteiger partial charge on any atom is -0.395 e. The quantitative estimate of drug-likeness (QED) is 0.707. The van der Waals surface area contributed by atoms with Crippen molar-refractivity contribution in [1.82, 2.24) is 10.3 Å². The summed E-state index contributed by atoms with van der Waals surface area (Å²) in [4.78, 5) is 4.39. The zero-order valence-corrected chi connectivity index (χ0v) is 9.83. The second-order valence-corrected chi connectivity index (χ2v) is 4.54. The number of aliphatic hydroxyl groups is 1. The second-order valence-electron chi connectivity index (χ2n) is 4.54. The van der Waals surface area contributed by atoms with Gasteiger partial charge in [0, 0.05) is 24.8 Å². The van der Waals surface area contributed by atoms with E-state index >= 15 is 0 Å². The SMILES string of the molecule is Cc1cnc(N[C@@H]2CN[C@H](CO)C2)c(C)c1. The highest BCUT2D eigenvalue weighted by Crippen LogP contribution is 2.16. The Balaban J connectivity index is 1.99. The largest absolute Gasteiger partial charge is 0.395 e. The van der Waals surface area contributed by atoms with E-state index in [1.165, 1.54) is 11.1 Å². The molecule has 1 aliphatic rings. The number of pyridine rings is 1. The lowest BCUT2D eigenvalue weighted by Crippen LogP contribution is -2.25. The number of nitrogens with one attached hydrogen (secondary N) is 2. The van der Waals surface area contributed by atoms with E-state index in [1.54, 1.807) is 0 Å². The van der Waals surface area contributed by atoms with Crippen LogP contribution in [0.4, 0.5) is 5.82 Å². The van der Waals surface area contributed by atoms with Crippen LogP contribution < -0.4 is 10.6 Å². The first kappa shape index (κ1) is 11.4. The molecule has 0 unspecified atom stereocenters. The zero-order chi connectivity index (χ0) is 11.5. The normalized spacial score (nSPS) is 24.7. The number of aliphatic hydroxyl groups excluding tert-OH is 1. The van der Waals surface area contributed by atoms with Crippen molar-refractivity contribution in [3.8, 4) is 0 Å². The van der Waals surface area contributed by atoms with Crippen molar-refractivity contribution < 1.29 is 5.11 Å². The second kappa shape index (κ2) is 4.80. The highest BCUT2D eigenvalue weighted by Gasteiger charge is 2.23. The summed E-state index contributed by atoms with van der Waals surface area (Å²) in [5, 5.41) is 15.7. The van der Waals surface area contributed by atoms with Crippen molar-refractivity contribution in [2.24, 2.45) is 0 Å². The number of rotatable bonds is 3. The van der Waals surface area contributed by atoms with Gasteiger partial charge >= 0.3 is 0 Å². The first-order chi connectivity index (χ1) is 7.69. The minimum atomic E-state index is 0.207. The van der Waals surface area contributed by atoms with E-state index in [0.717, 1.165) is 18.8 Å². The molecule has 0 amide bonds. The third kappa shape index (κ3) is 2.51.